The second kappa shape index (κ2) is 5.54. The van der Waals surface area contributed by atoms with Gasteiger partial charge in [-0.15, -0.1) is 0 Å². The molecule has 1 amide bonds. The molecule has 0 aliphatic carbocycles. The van der Waals surface area contributed by atoms with Crippen molar-refractivity contribution in [2.75, 3.05) is 13.1 Å². The maximum atomic E-state index is 13.3. The highest BCUT2D eigenvalue weighted by molar-refractivity contribution is 5.98. The number of piperazine rings is 1. The highest BCUT2D eigenvalue weighted by Crippen LogP contribution is 2.23. The number of nitrogens with one attached hydrogen (secondary N) is 1. The molecule has 6 nitrogen and oxygen atoms in total. The summed E-state index contributed by atoms with van der Waals surface area (Å²) < 4.78 is 13.3. The maximum absolute atomic E-state index is 13.3. The highest BCUT2D eigenvalue weighted by atomic mass is 19.1. The van der Waals surface area contributed by atoms with Gasteiger partial charge in [0.1, 0.15) is 11.4 Å². The van der Waals surface area contributed by atoms with Crippen molar-refractivity contribution in [2.24, 2.45) is 0 Å². The van der Waals surface area contributed by atoms with Gasteiger partial charge in [-0.3, -0.25) is 14.9 Å². The lowest BCUT2D eigenvalue weighted by molar-refractivity contribution is -0.385. The van der Waals surface area contributed by atoms with Crippen LogP contribution in [0.3, 0.4) is 0 Å². The Kier molecular flexibility index (Phi) is 3.99. The number of benzene rings is 1. The molecule has 2 atom stereocenters. The van der Waals surface area contributed by atoms with E-state index in [0.717, 1.165) is 18.2 Å². The van der Waals surface area contributed by atoms with Crippen molar-refractivity contribution in [1.82, 2.24) is 10.2 Å². The van der Waals surface area contributed by atoms with E-state index in [2.05, 4.69) is 5.32 Å². The van der Waals surface area contributed by atoms with Crippen LogP contribution in [0.1, 0.15) is 24.2 Å². The van der Waals surface area contributed by atoms with Crippen molar-refractivity contribution in [3.05, 3.63) is 39.7 Å². The number of rotatable bonds is 2. The predicted molar refractivity (Wildman–Crippen MR) is 71.0 cm³/mol. The molecule has 1 N–H and O–H groups in total. The van der Waals surface area contributed by atoms with E-state index in [0.29, 0.717) is 13.1 Å². The fraction of sp³-hybridized carbons (Fsp3) is 0.462. The summed E-state index contributed by atoms with van der Waals surface area (Å²) in [5.74, 6) is -1.16. The van der Waals surface area contributed by atoms with Crippen LogP contribution in [0.25, 0.3) is 0 Å². The molecule has 2 rings (SSSR count). The molecule has 1 saturated heterocycles. The van der Waals surface area contributed by atoms with Gasteiger partial charge in [0, 0.05) is 31.2 Å². The van der Waals surface area contributed by atoms with Gasteiger partial charge in [0.15, 0.2) is 0 Å². The monoisotopic (exact) mass is 281 g/mol. The zero-order valence-corrected chi connectivity index (χ0v) is 11.3. The van der Waals surface area contributed by atoms with Crippen molar-refractivity contribution in [3.63, 3.8) is 0 Å². The molecule has 1 fully saturated rings. The largest absolute Gasteiger partial charge is 0.333 e. The Bertz CT molecular complexity index is 550. The predicted octanol–water partition coefficient (Wildman–Crippen LogP) is 1.56. The smallest absolute Gasteiger partial charge is 0.282 e. The molecule has 108 valence electrons. The Morgan fingerprint density at radius 1 is 1.50 bits per heavy atom. The fourth-order valence-electron chi connectivity index (χ4n) is 2.34. The normalized spacial score (nSPS) is 22.6. The van der Waals surface area contributed by atoms with Crippen molar-refractivity contribution >= 4 is 11.6 Å². The summed E-state index contributed by atoms with van der Waals surface area (Å²) in [5, 5.41) is 14.2. The minimum atomic E-state index is -0.664. The van der Waals surface area contributed by atoms with Crippen LogP contribution < -0.4 is 5.32 Å². The van der Waals surface area contributed by atoms with E-state index < -0.39 is 16.6 Å². The van der Waals surface area contributed by atoms with Crippen molar-refractivity contribution in [3.8, 4) is 0 Å². The van der Waals surface area contributed by atoms with E-state index in [1.807, 2.05) is 13.8 Å². The topological polar surface area (TPSA) is 75.5 Å². The second-order valence-electron chi connectivity index (χ2n) is 4.90. The SMILES string of the molecule is CC1NCCN(C(=O)c2cc(F)ccc2[N+](=O)[O-])C1C. The summed E-state index contributed by atoms with van der Waals surface area (Å²) in [6.45, 7) is 4.85. The maximum Gasteiger partial charge on any atom is 0.282 e. The molecule has 1 aromatic rings. The lowest BCUT2D eigenvalue weighted by Crippen LogP contribution is -2.57. The number of nitro benzene ring substituents is 1. The van der Waals surface area contributed by atoms with Crippen LogP contribution in [-0.2, 0) is 0 Å². The lowest BCUT2D eigenvalue weighted by Gasteiger charge is -2.38. The van der Waals surface area contributed by atoms with E-state index in [-0.39, 0.29) is 23.3 Å². The molecule has 0 radical (unpaired) electrons. The first kappa shape index (κ1) is 14.4. The van der Waals surface area contributed by atoms with Gasteiger partial charge in [0.05, 0.1) is 4.92 Å². The van der Waals surface area contributed by atoms with E-state index in [1.54, 1.807) is 4.90 Å². The molecule has 2 unspecified atom stereocenters. The van der Waals surface area contributed by atoms with E-state index in [1.165, 1.54) is 0 Å². The van der Waals surface area contributed by atoms with Crippen molar-refractivity contribution in [1.29, 1.82) is 0 Å². The standard InChI is InChI=1S/C13H16FN3O3/c1-8-9(2)16(6-5-15-8)13(18)11-7-10(14)3-4-12(11)17(19)20/h3-4,7-9,15H,5-6H2,1-2H3. The quantitative estimate of drug-likeness (QED) is 0.659. The van der Waals surface area contributed by atoms with Gasteiger partial charge in [-0.1, -0.05) is 0 Å². The third kappa shape index (κ3) is 2.62. The Morgan fingerprint density at radius 2 is 2.20 bits per heavy atom. The summed E-state index contributed by atoms with van der Waals surface area (Å²) >= 11 is 0. The van der Waals surface area contributed by atoms with Crippen LogP contribution in [0.5, 0.6) is 0 Å². The lowest BCUT2D eigenvalue weighted by atomic mass is 10.0. The molecule has 0 spiro atoms. The minimum Gasteiger partial charge on any atom is -0.333 e. The second-order valence-corrected chi connectivity index (χ2v) is 4.90. The summed E-state index contributed by atoms with van der Waals surface area (Å²) in [7, 11) is 0. The first-order valence-electron chi connectivity index (χ1n) is 6.40. The summed E-state index contributed by atoms with van der Waals surface area (Å²) in [5.41, 5.74) is -0.564. The van der Waals surface area contributed by atoms with Gasteiger partial charge in [-0.05, 0) is 26.0 Å². The number of hydrogen-bond acceptors (Lipinski definition) is 4. The molecule has 7 heteroatoms. The Labute approximate surface area is 115 Å². The first-order valence-corrected chi connectivity index (χ1v) is 6.40. The van der Waals surface area contributed by atoms with Gasteiger partial charge < -0.3 is 10.2 Å². The molecule has 1 aliphatic heterocycles. The number of carbonyl (C=O) groups excluding carboxylic acids is 1. The fourth-order valence-corrected chi connectivity index (χ4v) is 2.34. The molecule has 0 saturated carbocycles. The number of nitrogens with zero attached hydrogens (tertiary/aromatic N) is 2. The van der Waals surface area contributed by atoms with Gasteiger partial charge >= 0.3 is 0 Å². The minimum absolute atomic E-state index is 0.0836. The third-order valence-electron chi connectivity index (χ3n) is 3.68. The van der Waals surface area contributed by atoms with Crippen LogP contribution in [0.15, 0.2) is 18.2 Å². The van der Waals surface area contributed by atoms with E-state index >= 15 is 0 Å². The third-order valence-corrected chi connectivity index (χ3v) is 3.68. The average molecular weight is 281 g/mol. The van der Waals surface area contributed by atoms with Gasteiger partial charge in [-0.25, -0.2) is 4.39 Å². The molecule has 1 heterocycles. The molecular weight excluding hydrogens is 265 g/mol. The van der Waals surface area contributed by atoms with Gasteiger partial charge in [-0.2, -0.15) is 0 Å². The molecule has 0 bridgehead atoms. The van der Waals surface area contributed by atoms with Gasteiger partial charge in [0.25, 0.3) is 11.6 Å². The van der Waals surface area contributed by atoms with Gasteiger partial charge in [0.2, 0.25) is 0 Å². The average Bonchev–Trinajstić information content (AvgIpc) is 2.40. The molecule has 1 aromatic carbocycles. The number of hydrogen-bond donors (Lipinski definition) is 1. The van der Waals surface area contributed by atoms with Crippen LogP contribution in [0, 0.1) is 15.9 Å². The molecule has 20 heavy (non-hydrogen) atoms. The number of carbonyl (C=O) groups is 1. The van der Waals surface area contributed by atoms with Crippen molar-refractivity contribution < 1.29 is 14.1 Å². The van der Waals surface area contributed by atoms with Crippen LogP contribution in [0.2, 0.25) is 0 Å². The molecule has 1 aliphatic rings. The van der Waals surface area contributed by atoms with Crippen LogP contribution in [-0.4, -0.2) is 40.9 Å². The number of amides is 1. The zero-order valence-electron chi connectivity index (χ0n) is 11.3. The van der Waals surface area contributed by atoms with E-state index in [4.69, 9.17) is 0 Å². The van der Waals surface area contributed by atoms with E-state index in [9.17, 15) is 19.3 Å². The summed E-state index contributed by atoms with van der Waals surface area (Å²) in [6.07, 6.45) is 0. The van der Waals surface area contributed by atoms with Crippen molar-refractivity contribution in [2.45, 2.75) is 25.9 Å². The number of nitro groups is 1. The Balaban J connectivity index is 2.37. The highest BCUT2D eigenvalue weighted by Gasteiger charge is 2.32. The first-order chi connectivity index (χ1) is 9.41. The van der Waals surface area contributed by atoms with Crippen LogP contribution >= 0.6 is 0 Å². The number of halogens is 1. The Morgan fingerprint density at radius 3 is 2.85 bits per heavy atom. The zero-order chi connectivity index (χ0) is 14.9. The Hall–Kier alpha value is -2.02. The molecule has 0 aromatic heterocycles. The summed E-state index contributed by atoms with van der Waals surface area (Å²) in [6, 6.07) is 2.91. The molecular formula is C13H16FN3O3. The van der Waals surface area contributed by atoms with Crippen LogP contribution in [0.4, 0.5) is 10.1 Å². The summed E-state index contributed by atoms with van der Waals surface area (Å²) in [4.78, 5) is 24.3.